The van der Waals surface area contributed by atoms with Gasteiger partial charge in [-0.3, -0.25) is 13.9 Å². The van der Waals surface area contributed by atoms with Crippen LogP contribution in [0.3, 0.4) is 0 Å². The van der Waals surface area contributed by atoms with Crippen molar-refractivity contribution in [3.05, 3.63) is 94.0 Å². The second-order valence-electron chi connectivity index (χ2n) is 11.5. The minimum atomic E-state index is -4.12. The van der Waals surface area contributed by atoms with Crippen LogP contribution in [0.25, 0.3) is 0 Å². The predicted molar refractivity (Wildman–Crippen MR) is 173 cm³/mol. The van der Waals surface area contributed by atoms with E-state index in [4.69, 9.17) is 11.6 Å². The standard InChI is InChI=1S/C34H42ClN3O4S/c1-5-32(34(40)36-29-9-7-6-8-10-29)37(22-27-14-16-28(35)17-15-27)33(39)23-38(30-18-13-25(3)26(4)21-30)43(41,42)31-19-11-24(2)12-20-31/h11-21,29,32H,5-10,22-23H2,1-4H3,(H,36,40)/t32-/m0/s1. The number of rotatable bonds is 11. The molecule has 2 amide bonds. The van der Waals surface area contributed by atoms with Gasteiger partial charge in [0.2, 0.25) is 11.8 Å². The maximum absolute atomic E-state index is 14.3. The second-order valence-corrected chi connectivity index (χ2v) is 13.8. The summed E-state index contributed by atoms with van der Waals surface area (Å²) in [7, 11) is -4.12. The summed E-state index contributed by atoms with van der Waals surface area (Å²) in [6.45, 7) is 7.30. The van der Waals surface area contributed by atoms with E-state index in [9.17, 15) is 18.0 Å². The van der Waals surface area contributed by atoms with Crippen LogP contribution in [0, 0.1) is 20.8 Å². The molecule has 1 fully saturated rings. The Labute approximate surface area is 261 Å². The molecule has 0 spiro atoms. The molecule has 1 aliphatic rings. The van der Waals surface area contributed by atoms with Gasteiger partial charge in [0.25, 0.3) is 10.0 Å². The van der Waals surface area contributed by atoms with Gasteiger partial charge >= 0.3 is 0 Å². The minimum Gasteiger partial charge on any atom is -0.352 e. The van der Waals surface area contributed by atoms with Crippen LogP contribution in [0.4, 0.5) is 5.69 Å². The molecule has 43 heavy (non-hydrogen) atoms. The third-order valence-electron chi connectivity index (χ3n) is 8.27. The van der Waals surface area contributed by atoms with Crippen LogP contribution in [0.15, 0.2) is 71.6 Å². The fraction of sp³-hybridized carbons (Fsp3) is 0.412. The van der Waals surface area contributed by atoms with Crippen LogP contribution in [-0.2, 0) is 26.2 Å². The SMILES string of the molecule is CC[C@@H](C(=O)NC1CCCCC1)N(Cc1ccc(Cl)cc1)C(=O)CN(c1ccc(C)c(C)c1)S(=O)(=O)c1ccc(C)cc1. The molecule has 1 aliphatic carbocycles. The first-order valence-corrected chi connectivity index (χ1v) is 16.8. The molecule has 1 N–H and O–H groups in total. The van der Waals surface area contributed by atoms with Gasteiger partial charge in [-0.1, -0.05) is 73.7 Å². The summed E-state index contributed by atoms with van der Waals surface area (Å²) in [5.41, 5.74) is 4.03. The number of nitrogens with one attached hydrogen (secondary N) is 1. The summed E-state index contributed by atoms with van der Waals surface area (Å²) in [5.74, 6) is -0.676. The molecule has 0 unspecified atom stereocenters. The smallest absolute Gasteiger partial charge is 0.264 e. The Bertz CT molecular complexity index is 1520. The number of benzene rings is 3. The van der Waals surface area contributed by atoms with Crippen LogP contribution >= 0.6 is 11.6 Å². The second kappa shape index (κ2) is 14.4. The van der Waals surface area contributed by atoms with E-state index >= 15 is 0 Å². The Morgan fingerprint density at radius 2 is 1.56 bits per heavy atom. The first-order valence-electron chi connectivity index (χ1n) is 15.0. The lowest BCUT2D eigenvalue weighted by Gasteiger charge is -2.34. The first-order chi connectivity index (χ1) is 20.5. The van der Waals surface area contributed by atoms with E-state index in [-0.39, 0.29) is 23.4 Å². The zero-order valence-electron chi connectivity index (χ0n) is 25.5. The van der Waals surface area contributed by atoms with E-state index < -0.39 is 28.5 Å². The van der Waals surface area contributed by atoms with E-state index in [2.05, 4.69) is 5.32 Å². The van der Waals surface area contributed by atoms with E-state index in [1.54, 1.807) is 48.5 Å². The predicted octanol–water partition coefficient (Wildman–Crippen LogP) is 6.72. The van der Waals surface area contributed by atoms with Gasteiger partial charge in [-0.2, -0.15) is 0 Å². The Hall–Kier alpha value is -3.36. The van der Waals surface area contributed by atoms with E-state index in [0.29, 0.717) is 17.1 Å². The summed E-state index contributed by atoms with van der Waals surface area (Å²) in [4.78, 5) is 29.6. The van der Waals surface area contributed by atoms with Crippen LogP contribution in [-0.4, -0.2) is 43.8 Å². The largest absolute Gasteiger partial charge is 0.352 e. The lowest BCUT2D eigenvalue weighted by molar-refractivity contribution is -0.140. The fourth-order valence-electron chi connectivity index (χ4n) is 5.50. The number of amides is 2. The number of carbonyl (C=O) groups excluding carboxylic acids is 2. The van der Waals surface area contributed by atoms with Gasteiger partial charge in [-0.15, -0.1) is 0 Å². The average molecular weight is 624 g/mol. The summed E-state index contributed by atoms with van der Waals surface area (Å²) in [6.07, 6.45) is 5.51. The summed E-state index contributed by atoms with van der Waals surface area (Å²) >= 11 is 6.12. The van der Waals surface area contributed by atoms with E-state index in [0.717, 1.165) is 58.7 Å². The summed E-state index contributed by atoms with van der Waals surface area (Å²) < 4.78 is 29.3. The quantitative estimate of drug-likeness (QED) is 0.257. The van der Waals surface area contributed by atoms with E-state index in [1.165, 1.54) is 4.90 Å². The van der Waals surface area contributed by atoms with Crippen molar-refractivity contribution >= 4 is 39.1 Å². The molecular weight excluding hydrogens is 582 g/mol. The fourth-order valence-corrected chi connectivity index (χ4v) is 7.03. The molecule has 0 bridgehead atoms. The Balaban J connectivity index is 1.72. The number of hydrogen-bond acceptors (Lipinski definition) is 4. The number of sulfonamides is 1. The molecule has 4 rings (SSSR count). The van der Waals surface area contributed by atoms with Crippen LogP contribution in [0.2, 0.25) is 5.02 Å². The highest BCUT2D eigenvalue weighted by atomic mass is 35.5. The average Bonchev–Trinajstić information content (AvgIpc) is 2.99. The zero-order valence-corrected chi connectivity index (χ0v) is 27.0. The van der Waals surface area contributed by atoms with Gasteiger partial charge in [0.15, 0.2) is 0 Å². The van der Waals surface area contributed by atoms with Gasteiger partial charge in [-0.25, -0.2) is 8.42 Å². The van der Waals surface area contributed by atoms with Gasteiger partial charge in [0.05, 0.1) is 10.6 Å². The normalized spacial score (nSPS) is 14.6. The number of aryl methyl sites for hydroxylation is 3. The van der Waals surface area contributed by atoms with Gasteiger partial charge < -0.3 is 10.2 Å². The topological polar surface area (TPSA) is 86.8 Å². The number of nitrogens with zero attached hydrogens (tertiary/aromatic N) is 2. The summed E-state index contributed by atoms with van der Waals surface area (Å²) in [6, 6.07) is 18.4. The van der Waals surface area contributed by atoms with Crippen molar-refractivity contribution in [2.45, 2.75) is 89.7 Å². The third kappa shape index (κ3) is 8.18. The van der Waals surface area contributed by atoms with Crippen molar-refractivity contribution in [3.8, 4) is 0 Å². The van der Waals surface area contributed by atoms with Crippen LogP contribution in [0.5, 0.6) is 0 Å². The highest BCUT2D eigenvalue weighted by Gasteiger charge is 2.34. The third-order valence-corrected chi connectivity index (χ3v) is 10.3. The van der Waals surface area contributed by atoms with Crippen molar-refractivity contribution in [3.63, 3.8) is 0 Å². The molecule has 3 aromatic carbocycles. The summed E-state index contributed by atoms with van der Waals surface area (Å²) in [5, 5.41) is 3.74. The van der Waals surface area contributed by atoms with Crippen molar-refractivity contribution in [2.24, 2.45) is 0 Å². The number of anilines is 1. The van der Waals surface area contributed by atoms with Crippen molar-refractivity contribution in [1.29, 1.82) is 0 Å². The highest BCUT2D eigenvalue weighted by Crippen LogP contribution is 2.27. The van der Waals surface area contributed by atoms with E-state index in [1.807, 2.05) is 45.9 Å². The highest BCUT2D eigenvalue weighted by molar-refractivity contribution is 7.92. The molecule has 1 saturated carbocycles. The molecule has 0 aromatic heterocycles. The Morgan fingerprint density at radius 1 is 0.907 bits per heavy atom. The van der Waals surface area contributed by atoms with Crippen molar-refractivity contribution < 1.29 is 18.0 Å². The number of halogens is 1. The van der Waals surface area contributed by atoms with Gasteiger partial charge in [0, 0.05) is 17.6 Å². The molecule has 9 heteroatoms. The van der Waals surface area contributed by atoms with Crippen molar-refractivity contribution in [2.75, 3.05) is 10.8 Å². The number of carbonyl (C=O) groups is 2. The molecular formula is C34H42ClN3O4S. The molecule has 1 atom stereocenters. The molecule has 7 nitrogen and oxygen atoms in total. The van der Waals surface area contributed by atoms with Crippen LogP contribution in [0.1, 0.15) is 67.7 Å². The molecule has 230 valence electrons. The molecule has 0 heterocycles. The molecule has 0 saturated heterocycles. The Kier molecular flexibility index (Phi) is 10.9. The monoisotopic (exact) mass is 623 g/mol. The zero-order chi connectivity index (χ0) is 31.1. The van der Waals surface area contributed by atoms with Crippen LogP contribution < -0.4 is 9.62 Å². The lowest BCUT2D eigenvalue weighted by Crippen LogP contribution is -2.54. The Morgan fingerprint density at radius 3 is 2.16 bits per heavy atom. The van der Waals surface area contributed by atoms with Crippen molar-refractivity contribution in [1.82, 2.24) is 10.2 Å². The molecule has 0 radical (unpaired) electrons. The maximum atomic E-state index is 14.3. The van der Waals surface area contributed by atoms with Gasteiger partial charge in [0.1, 0.15) is 12.6 Å². The molecule has 0 aliphatic heterocycles. The maximum Gasteiger partial charge on any atom is 0.264 e. The number of hydrogen-bond donors (Lipinski definition) is 1. The lowest BCUT2D eigenvalue weighted by atomic mass is 9.95. The first kappa shape index (κ1) is 32.6. The minimum absolute atomic E-state index is 0.0803. The van der Waals surface area contributed by atoms with Gasteiger partial charge in [-0.05, 0) is 93.1 Å². The molecule has 3 aromatic rings.